The van der Waals surface area contributed by atoms with Gasteiger partial charge in [-0.15, -0.1) is 0 Å². The first-order valence-electron chi connectivity index (χ1n) is 7.10. The summed E-state index contributed by atoms with van der Waals surface area (Å²) in [7, 11) is 3.41. The number of carbonyl (C=O) groups is 2. The van der Waals surface area contributed by atoms with Crippen LogP contribution in [-0.2, 0) is 4.79 Å². The number of hydrogen-bond donors (Lipinski definition) is 1. The molecule has 1 aromatic rings. The van der Waals surface area contributed by atoms with E-state index in [1.165, 1.54) is 11.0 Å². The van der Waals surface area contributed by atoms with E-state index in [1.54, 1.807) is 19.0 Å². The molecule has 3 amide bonds. The Morgan fingerprint density at radius 2 is 1.86 bits per heavy atom. The number of rotatable bonds is 2. The minimum atomic E-state index is -0.814. The number of urea groups is 1. The predicted molar refractivity (Wildman–Crippen MR) is 78.4 cm³/mol. The van der Waals surface area contributed by atoms with Crippen LogP contribution in [0.3, 0.4) is 0 Å². The molecule has 0 atom stereocenters. The molecule has 0 saturated carbocycles. The van der Waals surface area contributed by atoms with Crippen molar-refractivity contribution in [3.05, 3.63) is 29.8 Å². The molecular formula is C15H19F2N3O2. The van der Waals surface area contributed by atoms with Crippen molar-refractivity contribution < 1.29 is 18.4 Å². The minimum Gasteiger partial charge on any atom is -0.349 e. The van der Waals surface area contributed by atoms with Crippen molar-refractivity contribution in [3.63, 3.8) is 0 Å². The second-order valence-corrected chi connectivity index (χ2v) is 5.55. The van der Waals surface area contributed by atoms with Crippen LogP contribution in [0.15, 0.2) is 18.2 Å². The molecule has 1 N–H and O–H groups in total. The maximum Gasteiger partial charge on any atom is 0.321 e. The van der Waals surface area contributed by atoms with Gasteiger partial charge in [-0.2, -0.15) is 0 Å². The van der Waals surface area contributed by atoms with Crippen LogP contribution in [0.2, 0.25) is 0 Å². The quantitative estimate of drug-likeness (QED) is 0.911. The lowest BCUT2D eigenvalue weighted by Gasteiger charge is -2.32. The minimum absolute atomic E-state index is 0.0575. The molecule has 22 heavy (non-hydrogen) atoms. The summed E-state index contributed by atoms with van der Waals surface area (Å²) in [4.78, 5) is 27.0. The highest BCUT2D eigenvalue weighted by atomic mass is 19.1. The van der Waals surface area contributed by atoms with Crippen molar-refractivity contribution in [3.8, 4) is 0 Å². The van der Waals surface area contributed by atoms with Gasteiger partial charge in [0.25, 0.3) is 0 Å². The number of likely N-dealkylation sites (tertiary alicyclic amines) is 1. The molecule has 0 bridgehead atoms. The Balaban J connectivity index is 1.91. The Morgan fingerprint density at radius 1 is 1.23 bits per heavy atom. The average Bonchev–Trinajstić information content (AvgIpc) is 2.49. The van der Waals surface area contributed by atoms with Gasteiger partial charge >= 0.3 is 6.03 Å². The Bertz CT molecular complexity index is 570. The van der Waals surface area contributed by atoms with Crippen molar-refractivity contribution in [1.29, 1.82) is 0 Å². The first-order valence-corrected chi connectivity index (χ1v) is 7.10. The monoisotopic (exact) mass is 311 g/mol. The van der Waals surface area contributed by atoms with Gasteiger partial charge in [0.2, 0.25) is 5.91 Å². The van der Waals surface area contributed by atoms with Crippen molar-refractivity contribution in [1.82, 2.24) is 9.80 Å². The molecule has 2 rings (SSSR count). The third kappa shape index (κ3) is 3.72. The van der Waals surface area contributed by atoms with E-state index in [1.807, 2.05) is 0 Å². The number of hydrogen-bond acceptors (Lipinski definition) is 2. The molecule has 0 aliphatic carbocycles. The van der Waals surface area contributed by atoms with Crippen molar-refractivity contribution in [2.75, 3.05) is 32.5 Å². The first kappa shape index (κ1) is 16.2. The molecule has 120 valence electrons. The van der Waals surface area contributed by atoms with Gasteiger partial charge in [0.1, 0.15) is 11.6 Å². The number of halogens is 2. The second-order valence-electron chi connectivity index (χ2n) is 5.55. The van der Waals surface area contributed by atoms with Gasteiger partial charge in [0.05, 0.1) is 5.69 Å². The summed E-state index contributed by atoms with van der Waals surface area (Å²) in [5, 5.41) is 2.42. The van der Waals surface area contributed by atoms with Gasteiger partial charge in [-0.25, -0.2) is 13.6 Å². The zero-order valence-corrected chi connectivity index (χ0v) is 12.6. The van der Waals surface area contributed by atoms with Crippen LogP contribution in [0.5, 0.6) is 0 Å². The summed E-state index contributed by atoms with van der Waals surface area (Å²) in [6.45, 7) is 0.859. The number of carbonyl (C=O) groups excluding carboxylic acids is 2. The Kier molecular flexibility index (Phi) is 4.95. The van der Waals surface area contributed by atoms with Gasteiger partial charge in [0.15, 0.2) is 0 Å². The van der Waals surface area contributed by atoms with Crippen molar-refractivity contribution in [2.45, 2.75) is 12.8 Å². The molecule has 0 radical (unpaired) electrons. The summed E-state index contributed by atoms with van der Waals surface area (Å²) in [6.07, 6.45) is 1.16. The van der Waals surface area contributed by atoms with Crippen LogP contribution in [0.1, 0.15) is 12.8 Å². The largest absolute Gasteiger partial charge is 0.349 e. The lowest BCUT2D eigenvalue weighted by atomic mass is 9.96. The van der Waals surface area contributed by atoms with Crippen LogP contribution in [0.4, 0.5) is 19.3 Å². The van der Waals surface area contributed by atoms with Crippen LogP contribution < -0.4 is 5.32 Å². The van der Waals surface area contributed by atoms with E-state index in [2.05, 4.69) is 5.32 Å². The third-order valence-corrected chi connectivity index (χ3v) is 3.74. The molecule has 1 aliphatic rings. The van der Waals surface area contributed by atoms with Crippen molar-refractivity contribution >= 4 is 17.6 Å². The molecule has 1 aromatic carbocycles. The summed E-state index contributed by atoms with van der Waals surface area (Å²) >= 11 is 0. The van der Waals surface area contributed by atoms with Gasteiger partial charge in [-0.1, -0.05) is 0 Å². The highest BCUT2D eigenvalue weighted by Crippen LogP contribution is 2.21. The Morgan fingerprint density at radius 3 is 2.41 bits per heavy atom. The topological polar surface area (TPSA) is 52.7 Å². The fraction of sp³-hybridized carbons (Fsp3) is 0.467. The average molecular weight is 311 g/mol. The number of benzene rings is 1. The number of nitrogens with zero attached hydrogens (tertiary/aromatic N) is 2. The molecule has 5 nitrogen and oxygen atoms in total. The number of anilines is 1. The van der Waals surface area contributed by atoms with Crippen molar-refractivity contribution in [2.24, 2.45) is 5.92 Å². The van der Waals surface area contributed by atoms with Gasteiger partial charge in [-0.05, 0) is 25.0 Å². The fourth-order valence-electron chi connectivity index (χ4n) is 2.48. The number of piperidine rings is 1. The summed E-state index contributed by atoms with van der Waals surface area (Å²) in [6, 6.07) is 2.55. The SMILES string of the molecule is CN(C)C(=O)C1CCN(C(=O)Nc2ccc(F)cc2F)CC1. The smallest absolute Gasteiger partial charge is 0.321 e. The van der Waals surface area contributed by atoms with E-state index < -0.39 is 17.7 Å². The third-order valence-electron chi connectivity index (χ3n) is 3.74. The molecule has 1 fully saturated rings. The fourth-order valence-corrected chi connectivity index (χ4v) is 2.48. The summed E-state index contributed by atoms with van der Waals surface area (Å²) < 4.78 is 26.3. The van der Waals surface area contributed by atoms with E-state index in [0.717, 1.165) is 12.1 Å². The van der Waals surface area contributed by atoms with Crippen LogP contribution >= 0.6 is 0 Å². The summed E-state index contributed by atoms with van der Waals surface area (Å²) in [5.74, 6) is -1.53. The van der Waals surface area contributed by atoms with Crippen LogP contribution in [-0.4, -0.2) is 48.9 Å². The first-order chi connectivity index (χ1) is 10.4. The molecule has 1 saturated heterocycles. The second kappa shape index (κ2) is 6.72. The molecule has 1 aliphatic heterocycles. The molecule has 0 unspecified atom stereocenters. The van der Waals surface area contributed by atoms with E-state index >= 15 is 0 Å². The predicted octanol–water partition coefficient (Wildman–Crippen LogP) is 2.30. The number of nitrogens with one attached hydrogen (secondary N) is 1. The molecule has 0 spiro atoms. The number of amides is 3. The lowest BCUT2D eigenvalue weighted by Crippen LogP contribution is -2.44. The maximum atomic E-state index is 13.5. The van der Waals surface area contributed by atoms with Gasteiger partial charge in [0, 0.05) is 39.2 Å². The normalized spacial score (nSPS) is 15.5. The van der Waals surface area contributed by atoms with E-state index in [9.17, 15) is 18.4 Å². The van der Waals surface area contributed by atoms with E-state index in [0.29, 0.717) is 25.9 Å². The maximum absolute atomic E-state index is 13.5. The van der Waals surface area contributed by atoms with Gasteiger partial charge < -0.3 is 15.1 Å². The van der Waals surface area contributed by atoms with Crippen LogP contribution in [0, 0.1) is 17.6 Å². The lowest BCUT2D eigenvalue weighted by molar-refractivity contribution is -0.134. The standard InChI is InChI=1S/C15H19F2N3O2/c1-19(2)14(21)10-5-7-20(8-6-10)15(22)18-13-4-3-11(16)9-12(13)17/h3-4,9-10H,5-8H2,1-2H3,(H,18,22). The zero-order valence-electron chi connectivity index (χ0n) is 12.6. The molecule has 7 heteroatoms. The molecule has 1 heterocycles. The summed E-state index contributed by atoms with van der Waals surface area (Å²) in [5.41, 5.74) is -0.0575. The Labute approximate surface area is 127 Å². The zero-order chi connectivity index (χ0) is 16.3. The van der Waals surface area contributed by atoms with Crippen LogP contribution in [0.25, 0.3) is 0 Å². The van der Waals surface area contributed by atoms with E-state index in [4.69, 9.17) is 0 Å². The van der Waals surface area contributed by atoms with E-state index in [-0.39, 0.29) is 17.5 Å². The van der Waals surface area contributed by atoms with Gasteiger partial charge in [-0.3, -0.25) is 4.79 Å². The molecular weight excluding hydrogens is 292 g/mol. The molecule has 0 aromatic heterocycles. The highest BCUT2D eigenvalue weighted by Gasteiger charge is 2.28. The highest BCUT2D eigenvalue weighted by molar-refractivity contribution is 5.89. The Hall–Kier alpha value is -2.18.